The van der Waals surface area contributed by atoms with Crippen LogP contribution in [0, 0.1) is 5.92 Å². The van der Waals surface area contributed by atoms with E-state index in [-0.39, 0.29) is 5.92 Å². The minimum Gasteiger partial charge on any atom is -0.480 e. The molecule has 0 aromatic carbocycles. The zero-order valence-electron chi connectivity index (χ0n) is 14.6. The molecule has 0 aromatic heterocycles. The topological polar surface area (TPSA) is 95.9 Å². The molecule has 0 radical (unpaired) electrons. The van der Waals surface area contributed by atoms with Crippen molar-refractivity contribution in [3.8, 4) is 0 Å². The normalized spacial score (nSPS) is 19.6. The second-order valence-electron chi connectivity index (χ2n) is 7.36. The third-order valence-corrected chi connectivity index (χ3v) is 3.51. The van der Waals surface area contributed by atoms with Crippen LogP contribution >= 0.6 is 0 Å². The number of carboxylic acids is 1. The maximum Gasteiger partial charge on any atom is 0.410 e. The van der Waals surface area contributed by atoms with Gasteiger partial charge in [-0.2, -0.15) is 0 Å². The van der Waals surface area contributed by atoms with Crippen molar-refractivity contribution in [3.63, 3.8) is 0 Å². The van der Waals surface area contributed by atoms with Crippen LogP contribution in [0.5, 0.6) is 0 Å². The Morgan fingerprint density at radius 2 is 1.91 bits per heavy atom. The molecule has 7 heteroatoms. The molecule has 0 unspecified atom stereocenters. The third kappa shape index (κ3) is 6.08. The van der Waals surface area contributed by atoms with E-state index in [1.807, 2.05) is 13.8 Å². The maximum atomic E-state index is 12.4. The molecule has 7 nitrogen and oxygen atoms in total. The van der Waals surface area contributed by atoms with Gasteiger partial charge in [-0.05, 0) is 46.0 Å². The standard InChI is InChI=1S/C16H28N2O5/c1-10(2)9-11(14(20)21)17-13(19)12-7-6-8-18(12)15(22)23-16(3,4)5/h10-12H,6-9H2,1-5H3,(H,17,19)(H,20,21)/t11-,12-/m0/s1. The van der Waals surface area contributed by atoms with E-state index in [2.05, 4.69) is 5.32 Å². The molecule has 2 atom stereocenters. The van der Waals surface area contributed by atoms with Gasteiger partial charge in [0.25, 0.3) is 0 Å². The van der Waals surface area contributed by atoms with Gasteiger partial charge >= 0.3 is 12.1 Å². The van der Waals surface area contributed by atoms with Crippen LogP contribution in [0.25, 0.3) is 0 Å². The molecule has 1 saturated heterocycles. The highest BCUT2D eigenvalue weighted by atomic mass is 16.6. The summed E-state index contributed by atoms with van der Waals surface area (Å²) in [6, 6.07) is -1.61. The lowest BCUT2D eigenvalue weighted by Gasteiger charge is -2.28. The number of rotatable bonds is 5. The molecule has 0 bridgehead atoms. The Morgan fingerprint density at radius 3 is 2.39 bits per heavy atom. The number of amides is 2. The number of carbonyl (C=O) groups excluding carboxylic acids is 2. The van der Waals surface area contributed by atoms with Crippen LogP contribution in [-0.4, -0.2) is 52.2 Å². The smallest absolute Gasteiger partial charge is 0.410 e. The summed E-state index contributed by atoms with van der Waals surface area (Å²) >= 11 is 0. The molecule has 1 heterocycles. The van der Waals surface area contributed by atoms with Crippen molar-refractivity contribution in [1.29, 1.82) is 0 Å². The highest BCUT2D eigenvalue weighted by molar-refractivity contribution is 5.89. The summed E-state index contributed by atoms with van der Waals surface area (Å²) in [6.07, 6.45) is 1.02. The van der Waals surface area contributed by atoms with Gasteiger partial charge in [0.1, 0.15) is 17.7 Å². The van der Waals surface area contributed by atoms with Crippen molar-refractivity contribution < 1.29 is 24.2 Å². The average molecular weight is 328 g/mol. The van der Waals surface area contributed by atoms with Gasteiger partial charge in [0, 0.05) is 6.54 Å². The molecule has 0 aliphatic carbocycles. The van der Waals surface area contributed by atoms with Gasteiger partial charge in [-0.25, -0.2) is 9.59 Å². The van der Waals surface area contributed by atoms with Gasteiger partial charge in [-0.3, -0.25) is 9.69 Å². The minimum atomic E-state index is -1.06. The predicted octanol–water partition coefficient (Wildman–Crippen LogP) is 2.00. The summed E-state index contributed by atoms with van der Waals surface area (Å²) in [6.45, 7) is 9.52. The molecule has 1 fully saturated rings. The van der Waals surface area contributed by atoms with E-state index in [0.29, 0.717) is 25.8 Å². The van der Waals surface area contributed by atoms with Crippen molar-refractivity contribution in [2.24, 2.45) is 5.92 Å². The summed E-state index contributed by atoms with van der Waals surface area (Å²) in [5, 5.41) is 11.8. The number of likely N-dealkylation sites (tertiary alicyclic amines) is 1. The fraction of sp³-hybridized carbons (Fsp3) is 0.812. The lowest BCUT2D eigenvalue weighted by Crippen LogP contribution is -2.51. The second kappa shape index (κ2) is 7.66. The van der Waals surface area contributed by atoms with E-state index in [0.717, 1.165) is 0 Å². The van der Waals surface area contributed by atoms with E-state index < -0.39 is 35.7 Å². The SMILES string of the molecule is CC(C)C[C@H](NC(=O)[C@@H]1CCCN1C(=O)OC(C)(C)C)C(=O)O. The summed E-state index contributed by atoms with van der Waals surface area (Å²) in [5.74, 6) is -1.35. The number of carboxylic acid groups (broad SMARTS) is 1. The molecule has 23 heavy (non-hydrogen) atoms. The van der Waals surface area contributed by atoms with Gasteiger partial charge in [0.15, 0.2) is 0 Å². The summed E-state index contributed by atoms with van der Waals surface area (Å²) in [7, 11) is 0. The minimum absolute atomic E-state index is 0.141. The van der Waals surface area contributed by atoms with E-state index in [9.17, 15) is 19.5 Å². The molecule has 1 aliphatic rings. The molecule has 1 rings (SSSR count). The van der Waals surface area contributed by atoms with Gasteiger partial charge in [-0.15, -0.1) is 0 Å². The largest absolute Gasteiger partial charge is 0.480 e. The zero-order valence-corrected chi connectivity index (χ0v) is 14.6. The molecule has 0 spiro atoms. The highest BCUT2D eigenvalue weighted by Crippen LogP contribution is 2.21. The molecule has 0 aromatic rings. The fourth-order valence-corrected chi connectivity index (χ4v) is 2.54. The third-order valence-electron chi connectivity index (χ3n) is 3.51. The van der Waals surface area contributed by atoms with Gasteiger partial charge < -0.3 is 15.2 Å². The molecule has 132 valence electrons. The van der Waals surface area contributed by atoms with Gasteiger partial charge in [0.05, 0.1) is 0 Å². The summed E-state index contributed by atoms with van der Waals surface area (Å²) in [5.41, 5.74) is -0.637. The molecule has 2 amide bonds. The number of nitrogens with one attached hydrogen (secondary N) is 1. The number of hydrogen-bond donors (Lipinski definition) is 2. The first-order chi connectivity index (χ1) is 10.5. The van der Waals surface area contributed by atoms with E-state index >= 15 is 0 Å². The maximum absolute atomic E-state index is 12.4. The van der Waals surface area contributed by atoms with Crippen molar-refractivity contribution >= 4 is 18.0 Å². The Labute approximate surface area is 137 Å². The molecular weight excluding hydrogens is 300 g/mol. The quantitative estimate of drug-likeness (QED) is 0.805. The van der Waals surface area contributed by atoms with Crippen LogP contribution in [0.2, 0.25) is 0 Å². The summed E-state index contributed by atoms with van der Waals surface area (Å²) < 4.78 is 5.31. The first kappa shape index (κ1) is 19.3. The van der Waals surface area contributed by atoms with E-state index in [4.69, 9.17) is 4.74 Å². The Bertz CT molecular complexity index is 456. The highest BCUT2D eigenvalue weighted by Gasteiger charge is 2.37. The van der Waals surface area contributed by atoms with Crippen molar-refractivity contribution in [3.05, 3.63) is 0 Å². The number of nitrogens with zero attached hydrogens (tertiary/aromatic N) is 1. The number of hydrogen-bond acceptors (Lipinski definition) is 4. The Balaban J connectivity index is 2.73. The number of aliphatic carboxylic acids is 1. The Morgan fingerprint density at radius 1 is 1.30 bits per heavy atom. The van der Waals surface area contributed by atoms with Crippen LogP contribution in [0.15, 0.2) is 0 Å². The lowest BCUT2D eigenvalue weighted by atomic mass is 10.0. The molecule has 0 saturated carbocycles. The van der Waals surface area contributed by atoms with Crippen LogP contribution in [-0.2, 0) is 14.3 Å². The first-order valence-corrected chi connectivity index (χ1v) is 8.04. The Hall–Kier alpha value is -1.79. The van der Waals surface area contributed by atoms with Gasteiger partial charge in [-0.1, -0.05) is 13.8 Å². The van der Waals surface area contributed by atoms with Crippen molar-refractivity contribution in [2.75, 3.05) is 6.54 Å². The van der Waals surface area contributed by atoms with Crippen molar-refractivity contribution in [2.45, 2.75) is 71.6 Å². The first-order valence-electron chi connectivity index (χ1n) is 8.04. The van der Waals surface area contributed by atoms with Crippen LogP contribution in [0.3, 0.4) is 0 Å². The average Bonchev–Trinajstić information content (AvgIpc) is 2.84. The van der Waals surface area contributed by atoms with Crippen molar-refractivity contribution in [1.82, 2.24) is 10.2 Å². The lowest BCUT2D eigenvalue weighted by molar-refractivity contribution is -0.143. The zero-order chi connectivity index (χ0) is 17.8. The number of carbonyl (C=O) groups is 3. The van der Waals surface area contributed by atoms with Crippen LogP contribution < -0.4 is 5.32 Å². The second-order valence-corrected chi connectivity index (χ2v) is 7.36. The van der Waals surface area contributed by atoms with E-state index in [1.165, 1.54) is 4.90 Å². The fourth-order valence-electron chi connectivity index (χ4n) is 2.54. The predicted molar refractivity (Wildman–Crippen MR) is 85.0 cm³/mol. The molecular formula is C16H28N2O5. The van der Waals surface area contributed by atoms with Crippen LogP contribution in [0.4, 0.5) is 4.79 Å². The summed E-state index contributed by atoms with van der Waals surface area (Å²) in [4.78, 5) is 37.2. The van der Waals surface area contributed by atoms with Crippen LogP contribution in [0.1, 0.15) is 53.9 Å². The monoisotopic (exact) mass is 328 g/mol. The Kier molecular flexibility index (Phi) is 6.41. The molecule has 1 aliphatic heterocycles. The molecule has 2 N–H and O–H groups in total. The van der Waals surface area contributed by atoms with E-state index in [1.54, 1.807) is 20.8 Å². The van der Waals surface area contributed by atoms with Gasteiger partial charge in [0.2, 0.25) is 5.91 Å². The number of ether oxygens (including phenoxy) is 1.